The van der Waals surface area contributed by atoms with Crippen LogP contribution in [-0.4, -0.2) is 96.7 Å². The zero-order chi connectivity index (χ0) is 65.2. The van der Waals surface area contributed by atoms with Crippen LogP contribution in [0.3, 0.4) is 0 Å². The Kier molecular flexibility index (Phi) is 58.7. The van der Waals surface area contributed by atoms with E-state index < -0.39 is 97.5 Å². The molecule has 0 fully saturated rings. The van der Waals surface area contributed by atoms with Crippen molar-refractivity contribution in [3.63, 3.8) is 0 Å². The maximum Gasteiger partial charge on any atom is 0.472 e. The summed E-state index contributed by atoms with van der Waals surface area (Å²) in [6.07, 6.45) is 43.0. The maximum atomic E-state index is 13.0. The van der Waals surface area contributed by atoms with E-state index in [1.54, 1.807) is 0 Å². The summed E-state index contributed by atoms with van der Waals surface area (Å²) in [6, 6.07) is 0. The highest BCUT2D eigenvalue weighted by Crippen LogP contribution is 2.45. The molecule has 0 aliphatic heterocycles. The van der Waals surface area contributed by atoms with Crippen molar-refractivity contribution in [3.05, 3.63) is 0 Å². The summed E-state index contributed by atoms with van der Waals surface area (Å²) in [5.41, 5.74) is 0. The average Bonchev–Trinajstić information content (AvgIpc) is 3.56. The molecule has 0 aromatic carbocycles. The fourth-order valence-corrected chi connectivity index (χ4v) is 11.9. The predicted molar refractivity (Wildman–Crippen MR) is 354 cm³/mol. The van der Waals surface area contributed by atoms with E-state index in [4.69, 9.17) is 37.0 Å². The van der Waals surface area contributed by atoms with Gasteiger partial charge in [-0.3, -0.25) is 37.3 Å². The van der Waals surface area contributed by atoms with Crippen LogP contribution >= 0.6 is 15.6 Å². The van der Waals surface area contributed by atoms with Gasteiger partial charge >= 0.3 is 39.5 Å². The summed E-state index contributed by atoms with van der Waals surface area (Å²) in [7, 11) is -9.90. The number of unbranched alkanes of at least 4 members (excludes halogenated alkanes) is 35. The Balaban J connectivity index is 5.25. The quantitative estimate of drug-likeness (QED) is 0.0222. The monoisotopic (exact) mass is 1300 g/mol. The lowest BCUT2D eigenvalue weighted by atomic mass is 10.0. The van der Waals surface area contributed by atoms with E-state index in [0.717, 1.165) is 108 Å². The van der Waals surface area contributed by atoms with Crippen LogP contribution in [0.2, 0.25) is 0 Å². The molecule has 0 spiro atoms. The van der Waals surface area contributed by atoms with Crippen molar-refractivity contribution >= 4 is 39.5 Å². The normalized spacial score (nSPS) is 14.2. The van der Waals surface area contributed by atoms with Gasteiger partial charge < -0.3 is 33.8 Å². The van der Waals surface area contributed by atoms with Crippen LogP contribution in [0.15, 0.2) is 0 Å². The van der Waals surface area contributed by atoms with Crippen molar-refractivity contribution in [2.45, 2.75) is 362 Å². The number of hydrogen-bond donors (Lipinski definition) is 3. The molecule has 0 bridgehead atoms. The molecule has 0 amide bonds. The molecule has 522 valence electrons. The van der Waals surface area contributed by atoms with Crippen LogP contribution in [0, 0.1) is 17.8 Å². The van der Waals surface area contributed by atoms with Crippen LogP contribution in [0.4, 0.5) is 0 Å². The topological polar surface area (TPSA) is 237 Å². The first-order valence-electron chi connectivity index (χ1n) is 35.8. The van der Waals surface area contributed by atoms with E-state index in [1.807, 2.05) is 0 Å². The number of rotatable bonds is 67. The fourth-order valence-electron chi connectivity index (χ4n) is 10.4. The molecule has 19 heteroatoms. The molecule has 0 aromatic heterocycles. The van der Waals surface area contributed by atoms with Gasteiger partial charge in [0, 0.05) is 25.7 Å². The lowest BCUT2D eigenvalue weighted by Gasteiger charge is -2.21. The Morgan fingerprint density at radius 1 is 0.307 bits per heavy atom. The lowest BCUT2D eigenvalue weighted by Crippen LogP contribution is -2.30. The Morgan fingerprint density at radius 3 is 0.773 bits per heavy atom. The Hall–Kier alpha value is -1.94. The summed E-state index contributed by atoms with van der Waals surface area (Å²) >= 11 is 0. The summed E-state index contributed by atoms with van der Waals surface area (Å²) in [6.45, 7) is 11.8. The molecule has 17 nitrogen and oxygen atoms in total. The smallest absolute Gasteiger partial charge is 0.462 e. The minimum absolute atomic E-state index is 0.104. The van der Waals surface area contributed by atoms with Crippen molar-refractivity contribution in [3.8, 4) is 0 Å². The average molecular weight is 1300 g/mol. The number of carbonyl (C=O) groups excluding carboxylic acids is 4. The Morgan fingerprint density at radius 2 is 0.523 bits per heavy atom. The number of aliphatic hydroxyl groups is 1. The van der Waals surface area contributed by atoms with Gasteiger partial charge in [0.05, 0.1) is 26.4 Å². The van der Waals surface area contributed by atoms with Crippen LogP contribution in [0.1, 0.15) is 344 Å². The molecule has 0 aliphatic rings. The number of hydrogen-bond acceptors (Lipinski definition) is 15. The van der Waals surface area contributed by atoms with E-state index >= 15 is 0 Å². The molecule has 0 aromatic rings. The van der Waals surface area contributed by atoms with E-state index in [2.05, 4.69) is 48.5 Å². The second-order valence-electron chi connectivity index (χ2n) is 26.3. The Labute approximate surface area is 537 Å². The van der Waals surface area contributed by atoms with Gasteiger partial charge in [-0.15, -0.1) is 0 Å². The van der Waals surface area contributed by atoms with Crippen LogP contribution in [-0.2, 0) is 65.4 Å². The zero-order valence-corrected chi connectivity index (χ0v) is 59.0. The van der Waals surface area contributed by atoms with Crippen LogP contribution in [0.25, 0.3) is 0 Å². The molecule has 3 N–H and O–H groups in total. The number of aliphatic hydroxyl groups excluding tert-OH is 1. The molecule has 0 heterocycles. The second-order valence-corrected chi connectivity index (χ2v) is 29.3. The molecule has 0 saturated carbocycles. The van der Waals surface area contributed by atoms with Crippen molar-refractivity contribution in [1.82, 2.24) is 0 Å². The van der Waals surface area contributed by atoms with Gasteiger partial charge in [0.1, 0.15) is 19.3 Å². The number of ether oxygens (including phenoxy) is 4. The fraction of sp³-hybridized carbons (Fsp3) is 0.942. The van der Waals surface area contributed by atoms with Gasteiger partial charge in [-0.2, -0.15) is 0 Å². The third-order valence-electron chi connectivity index (χ3n) is 15.9. The van der Waals surface area contributed by atoms with Gasteiger partial charge in [-0.1, -0.05) is 292 Å². The van der Waals surface area contributed by atoms with E-state index in [-0.39, 0.29) is 25.7 Å². The van der Waals surface area contributed by atoms with Crippen LogP contribution < -0.4 is 0 Å². The van der Waals surface area contributed by atoms with E-state index in [9.17, 15) is 43.2 Å². The van der Waals surface area contributed by atoms with Crippen molar-refractivity contribution < 1.29 is 80.2 Å². The maximum absolute atomic E-state index is 13.0. The number of carbonyl (C=O) groups is 4. The van der Waals surface area contributed by atoms with Crippen molar-refractivity contribution in [2.24, 2.45) is 17.8 Å². The van der Waals surface area contributed by atoms with Crippen LogP contribution in [0.5, 0.6) is 0 Å². The van der Waals surface area contributed by atoms with Gasteiger partial charge in [0.2, 0.25) is 0 Å². The zero-order valence-electron chi connectivity index (χ0n) is 57.2. The van der Waals surface area contributed by atoms with Gasteiger partial charge in [-0.05, 0) is 43.4 Å². The van der Waals surface area contributed by atoms with Crippen molar-refractivity contribution in [1.29, 1.82) is 0 Å². The number of esters is 4. The largest absolute Gasteiger partial charge is 0.472 e. The minimum Gasteiger partial charge on any atom is -0.462 e. The second kappa shape index (κ2) is 60.0. The first-order chi connectivity index (χ1) is 42.2. The standard InChI is InChI=1S/C69H134O17P2/c1-8-9-10-11-12-13-21-29-36-43-50-66(71)79-57-65(86-69(74)53-46-39-32-25-24-28-35-42-49-62(6)7)59-84-88(77,78)82-55-63(70)54-81-87(75,76)83-58-64(56-80-67(72)51-44-37-30-23-18-20-27-34-41-48-61(4)5)85-68(73)52-45-38-31-22-17-15-14-16-19-26-33-40-47-60(2)3/h60-65,70H,8-59H2,1-7H3,(H,75,76)(H,77,78)/t63-,64-,65-/m1/s1. The molecule has 0 saturated heterocycles. The Bertz CT molecular complexity index is 1730. The first-order valence-corrected chi connectivity index (χ1v) is 38.8. The predicted octanol–water partition coefficient (Wildman–Crippen LogP) is 19.5. The summed E-state index contributed by atoms with van der Waals surface area (Å²) in [5.74, 6) is 0.110. The number of phosphoric ester groups is 2. The molecule has 0 aliphatic carbocycles. The van der Waals surface area contributed by atoms with Gasteiger partial charge in [0.15, 0.2) is 12.2 Å². The minimum atomic E-state index is -4.95. The van der Waals surface area contributed by atoms with E-state index in [0.29, 0.717) is 25.7 Å². The molecule has 5 atom stereocenters. The molecule has 2 unspecified atom stereocenters. The summed E-state index contributed by atoms with van der Waals surface area (Å²) in [5, 5.41) is 10.6. The molecular weight excluding hydrogens is 1160 g/mol. The molecular formula is C69H134O17P2. The summed E-state index contributed by atoms with van der Waals surface area (Å²) in [4.78, 5) is 72.5. The van der Waals surface area contributed by atoms with Gasteiger partial charge in [0.25, 0.3) is 0 Å². The summed E-state index contributed by atoms with van der Waals surface area (Å²) < 4.78 is 68.2. The highest BCUT2D eigenvalue weighted by Gasteiger charge is 2.30. The molecule has 0 radical (unpaired) electrons. The van der Waals surface area contributed by atoms with Gasteiger partial charge in [-0.25, -0.2) is 9.13 Å². The highest BCUT2D eigenvalue weighted by molar-refractivity contribution is 7.47. The number of phosphoric acid groups is 2. The third-order valence-corrected chi connectivity index (χ3v) is 17.8. The first kappa shape index (κ1) is 86.1. The molecule has 88 heavy (non-hydrogen) atoms. The third kappa shape index (κ3) is 62.8. The molecule has 0 rings (SSSR count). The lowest BCUT2D eigenvalue weighted by molar-refractivity contribution is -0.161. The van der Waals surface area contributed by atoms with E-state index in [1.165, 1.54) is 154 Å². The van der Waals surface area contributed by atoms with Crippen molar-refractivity contribution in [2.75, 3.05) is 39.6 Å². The highest BCUT2D eigenvalue weighted by atomic mass is 31.2. The SMILES string of the molecule is CCCCCCCCCCCCC(=O)OC[C@H](COP(=O)(O)OC[C@H](O)COP(=O)(O)OC[C@@H](COC(=O)CCCCCCCCCCCC(C)C)OC(=O)CCCCCCCCCCCCCCC(C)C)OC(=O)CCCCCCCCCCC(C)C.